The van der Waals surface area contributed by atoms with Crippen molar-refractivity contribution < 1.29 is 9.53 Å². The van der Waals surface area contributed by atoms with E-state index in [2.05, 4.69) is 10.3 Å². The summed E-state index contributed by atoms with van der Waals surface area (Å²) < 4.78 is 10.2. The first-order chi connectivity index (χ1) is 15.9. The zero-order valence-electron chi connectivity index (χ0n) is 19.2. The molecule has 2 aromatic heterocycles. The number of aryl methyl sites for hydroxylation is 2. The minimum atomic E-state index is -0.411. The van der Waals surface area contributed by atoms with Crippen LogP contribution in [0.5, 0.6) is 5.75 Å². The molecule has 2 heterocycles. The van der Waals surface area contributed by atoms with Gasteiger partial charge in [0.15, 0.2) is 11.2 Å². The van der Waals surface area contributed by atoms with Crippen LogP contribution in [0.2, 0.25) is 0 Å². The summed E-state index contributed by atoms with van der Waals surface area (Å²) in [5.41, 5.74) is 0.944. The van der Waals surface area contributed by atoms with E-state index in [-0.39, 0.29) is 11.5 Å². The Hall–Kier alpha value is -3.36. The van der Waals surface area contributed by atoms with Crippen LogP contribution in [0.3, 0.4) is 0 Å². The number of fused-ring (bicyclic) bond motifs is 1. The number of hydrogen-bond donors (Lipinski definition) is 1. The molecule has 33 heavy (non-hydrogen) atoms. The van der Waals surface area contributed by atoms with Crippen molar-refractivity contribution in [1.29, 1.82) is 0 Å². The van der Waals surface area contributed by atoms with Crippen LogP contribution in [-0.4, -0.2) is 30.7 Å². The minimum Gasteiger partial charge on any atom is -0.490 e. The molecule has 9 heteroatoms. The van der Waals surface area contributed by atoms with Gasteiger partial charge >= 0.3 is 5.69 Å². The van der Waals surface area contributed by atoms with E-state index in [9.17, 15) is 14.4 Å². The van der Waals surface area contributed by atoms with Gasteiger partial charge in [-0.25, -0.2) is 9.78 Å². The first-order valence-electron chi connectivity index (χ1n) is 11.6. The highest BCUT2D eigenvalue weighted by Gasteiger charge is 2.15. The predicted molar refractivity (Wildman–Crippen MR) is 125 cm³/mol. The van der Waals surface area contributed by atoms with E-state index in [1.54, 1.807) is 17.9 Å². The van der Waals surface area contributed by atoms with Crippen molar-refractivity contribution in [2.45, 2.75) is 64.1 Å². The lowest BCUT2D eigenvalue weighted by atomic mass is 9.98. The van der Waals surface area contributed by atoms with Crippen LogP contribution in [0.25, 0.3) is 11.2 Å². The quantitative estimate of drug-likeness (QED) is 0.564. The number of carbonyl (C=O) groups excluding carboxylic acids is 1. The molecular weight excluding hydrogens is 422 g/mol. The Kier molecular flexibility index (Phi) is 6.96. The Morgan fingerprint density at radius 1 is 1.09 bits per heavy atom. The molecule has 176 valence electrons. The summed E-state index contributed by atoms with van der Waals surface area (Å²) in [6.07, 6.45) is 8.77. The molecule has 0 saturated heterocycles. The fourth-order valence-corrected chi connectivity index (χ4v) is 4.33. The standard InChI is InChI=1S/C24H31N5O4/c1-27-22-21(23(31)28(2)24(27)32)29(16-26-22)14-6-9-20(30)25-15-17-10-12-19(13-11-17)33-18-7-4-3-5-8-18/h10-13,16,18H,3-9,14-15H2,1-2H3,(H,25,30). The molecular formula is C24H31N5O4. The molecule has 0 radical (unpaired) electrons. The Balaban J connectivity index is 1.26. The van der Waals surface area contributed by atoms with Gasteiger partial charge in [0.2, 0.25) is 5.91 Å². The number of rotatable bonds is 8. The second-order valence-electron chi connectivity index (χ2n) is 8.72. The highest BCUT2D eigenvalue weighted by Crippen LogP contribution is 2.23. The van der Waals surface area contributed by atoms with E-state index < -0.39 is 5.69 Å². The number of carbonyl (C=O) groups is 1. The average Bonchev–Trinajstić information content (AvgIpc) is 3.26. The largest absolute Gasteiger partial charge is 0.490 e. The fraction of sp³-hybridized carbons (Fsp3) is 0.500. The van der Waals surface area contributed by atoms with Gasteiger partial charge in [0.25, 0.3) is 5.56 Å². The molecule has 1 aromatic carbocycles. The van der Waals surface area contributed by atoms with Gasteiger partial charge in [0.05, 0.1) is 12.4 Å². The Morgan fingerprint density at radius 3 is 2.55 bits per heavy atom. The summed E-state index contributed by atoms with van der Waals surface area (Å²) in [5.74, 6) is 0.829. The zero-order valence-corrected chi connectivity index (χ0v) is 19.2. The zero-order chi connectivity index (χ0) is 23.4. The maximum Gasteiger partial charge on any atom is 0.332 e. The predicted octanol–water partition coefficient (Wildman–Crippen LogP) is 2.24. The van der Waals surface area contributed by atoms with Crippen LogP contribution in [0.4, 0.5) is 0 Å². The van der Waals surface area contributed by atoms with Gasteiger partial charge in [-0.15, -0.1) is 0 Å². The molecule has 0 bridgehead atoms. The molecule has 1 amide bonds. The molecule has 9 nitrogen and oxygen atoms in total. The van der Waals surface area contributed by atoms with E-state index in [0.29, 0.717) is 43.2 Å². The molecule has 0 atom stereocenters. The molecule has 0 unspecified atom stereocenters. The smallest absolute Gasteiger partial charge is 0.332 e. The summed E-state index contributed by atoms with van der Waals surface area (Å²) >= 11 is 0. The Labute approximate surface area is 192 Å². The van der Waals surface area contributed by atoms with Gasteiger partial charge in [-0.1, -0.05) is 18.6 Å². The second kappa shape index (κ2) is 10.1. The third-order valence-electron chi connectivity index (χ3n) is 6.29. The molecule has 1 N–H and O–H groups in total. The number of ether oxygens (including phenoxy) is 1. The topological polar surface area (TPSA) is 100 Å². The molecule has 0 aliphatic heterocycles. The first kappa shape index (κ1) is 22.8. The lowest BCUT2D eigenvalue weighted by molar-refractivity contribution is -0.121. The third-order valence-corrected chi connectivity index (χ3v) is 6.29. The van der Waals surface area contributed by atoms with Gasteiger partial charge in [-0.05, 0) is 49.8 Å². The van der Waals surface area contributed by atoms with E-state index in [1.165, 1.54) is 30.9 Å². The average molecular weight is 454 g/mol. The van der Waals surface area contributed by atoms with E-state index in [0.717, 1.165) is 28.7 Å². The summed E-state index contributed by atoms with van der Waals surface area (Å²) in [6.45, 7) is 0.920. The highest BCUT2D eigenvalue weighted by molar-refractivity contribution is 5.75. The van der Waals surface area contributed by atoms with Crippen molar-refractivity contribution in [2.24, 2.45) is 14.1 Å². The van der Waals surface area contributed by atoms with E-state index in [4.69, 9.17) is 4.74 Å². The van der Waals surface area contributed by atoms with Crippen molar-refractivity contribution in [3.05, 3.63) is 57.0 Å². The SMILES string of the molecule is Cn1c(=O)c2c(ncn2CCCC(=O)NCc2ccc(OC3CCCCC3)cc2)n(C)c1=O. The molecule has 3 aromatic rings. The van der Waals surface area contributed by atoms with Crippen molar-refractivity contribution in [3.8, 4) is 5.75 Å². The number of hydrogen-bond acceptors (Lipinski definition) is 5. The molecule has 1 aliphatic carbocycles. The normalized spacial score (nSPS) is 14.5. The molecule has 1 fully saturated rings. The molecule has 0 spiro atoms. The molecule has 1 saturated carbocycles. The minimum absolute atomic E-state index is 0.0535. The number of nitrogens with one attached hydrogen (secondary N) is 1. The summed E-state index contributed by atoms with van der Waals surface area (Å²) in [4.78, 5) is 41.0. The lowest BCUT2D eigenvalue weighted by Crippen LogP contribution is -2.37. The Morgan fingerprint density at radius 2 is 1.82 bits per heavy atom. The van der Waals surface area contributed by atoms with Gasteiger partial charge in [-0.3, -0.25) is 18.7 Å². The van der Waals surface area contributed by atoms with Crippen LogP contribution in [-0.2, 0) is 32.0 Å². The van der Waals surface area contributed by atoms with Crippen LogP contribution in [0.15, 0.2) is 40.2 Å². The number of amides is 1. The summed E-state index contributed by atoms with van der Waals surface area (Å²) in [6, 6.07) is 7.90. The van der Waals surface area contributed by atoms with Crippen LogP contribution in [0.1, 0.15) is 50.5 Å². The van der Waals surface area contributed by atoms with Crippen LogP contribution < -0.4 is 21.3 Å². The lowest BCUT2D eigenvalue weighted by Gasteiger charge is -2.23. The monoisotopic (exact) mass is 453 g/mol. The van der Waals surface area contributed by atoms with Crippen LogP contribution in [0, 0.1) is 0 Å². The van der Waals surface area contributed by atoms with Crippen molar-refractivity contribution in [1.82, 2.24) is 24.0 Å². The summed E-state index contributed by atoms with van der Waals surface area (Å²) in [7, 11) is 3.03. The number of aromatic nitrogens is 4. The fourth-order valence-electron chi connectivity index (χ4n) is 4.33. The van der Waals surface area contributed by atoms with Crippen LogP contribution >= 0.6 is 0 Å². The second-order valence-corrected chi connectivity index (χ2v) is 8.72. The van der Waals surface area contributed by atoms with E-state index >= 15 is 0 Å². The van der Waals surface area contributed by atoms with Gasteiger partial charge in [-0.2, -0.15) is 0 Å². The van der Waals surface area contributed by atoms with Gasteiger partial charge < -0.3 is 14.6 Å². The number of imidazole rings is 1. The first-order valence-corrected chi connectivity index (χ1v) is 11.6. The van der Waals surface area contributed by atoms with E-state index in [1.807, 2.05) is 24.3 Å². The van der Waals surface area contributed by atoms with Crippen molar-refractivity contribution >= 4 is 17.1 Å². The third kappa shape index (κ3) is 5.18. The molecule has 4 rings (SSSR count). The number of nitrogens with zero attached hydrogens (tertiary/aromatic N) is 4. The highest BCUT2D eigenvalue weighted by atomic mass is 16.5. The van der Waals surface area contributed by atoms with Crippen molar-refractivity contribution in [3.63, 3.8) is 0 Å². The maximum absolute atomic E-state index is 12.5. The Bertz CT molecular complexity index is 1230. The molecule has 1 aliphatic rings. The maximum atomic E-state index is 12.5. The van der Waals surface area contributed by atoms with Gasteiger partial charge in [0, 0.05) is 33.6 Å². The van der Waals surface area contributed by atoms with Gasteiger partial charge in [0.1, 0.15) is 5.75 Å². The number of benzene rings is 1. The summed E-state index contributed by atoms with van der Waals surface area (Å²) in [5, 5.41) is 2.94. The van der Waals surface area contributed by atoms with Crippen molar-refractivity contribution in [2.75, 3.05) is 0 Å².